The van der Waals surface area contributed by atoms with Crippen LogP contribution in [0.3, 0.4) is 0 Å². The number of thioether (sulfide) groups is 1. The largest absolute Gasteiger partial charge is 0.481 e. The van der Waals surface area contributed by atoms with Gasteiger partial charge in [-0.3, -0.25) is 4.79 Å². The Bertz CT molecular complexity index is 759. The van der Waals surface area contributed by atoms with E-state index in [1.54, 1.807) is 6.26 Å². The third-order valence-corrected chi connectivity index (χ3v) is 3.73. The van der Waals surface area contributed by atoms with Gasteiger partial charge in [-0.15, -0.1) is 11.8 Å². The molecule has 0 amide bonds. The van der Waals surface area contributed by atoms with Crippen LogP contribution in [0.15, 0.2) is 41.3 Å². The first-order valence-corrected chi connectivity index (χ1v) is 7.86. The number of alkyl halides is 3. The third kappa shape index (κ3) is 4.64. The van der Waals surface area contributed by atoms with Gasteiger partial charge < -0.3 is 9.84 Å². The molecule has 0 unspecified atom stereocenters. The molecule has 0 spiro atoms. The summed E-state index contributed by atoms with van der Waals surface area (Å²) in [6.07, 6.45) is -3.47. The molecule has 24 heavy (non-hydrogen) atoms. The third-order valence-electron chi connectivity index (χ3n) is 3.01. The highest BCUT2D eigenvalue weighted by Crippen LogP contribution is 2.40. The van der Waals surface area contributed by atoms with Gasteiger partial charge in [0, 0.05) is 11.0 Å². The molecule has 0 bridgehead atoms. The fraction of sp³-hybridized carbons (Fsp3) is 0.188. The smallest absolute Gasteiger partial charge is 0.420 e. The molecule has 0 fully saturated rings. The predicted octanol–water partition coefficient (Wildman–Crippen LogP) is 4.99. The molecular formula is C16H12F4O3S. The highest BCUT2D eigenvalue weighted by atomic mass is 32.2. The van der Waals surface area contributed by atoms with Crippen LogP contribution in [0.1, 0.15) is 11.1 Å². The Labute approximate surface area is 139 Å². The van der Waals surface area contributed by atoms with E-state index in [0.717, 1.165) is 36.0 Å². The summed E-state index contributed by atoms with van der Waals surface area (Å²) < 4.78 is 58.2. The lowest BCUT2D eigenvalue weighted by atomic mass is 10.1. The number of ether oxygens (including phenoxy) is 1. The van der Waals surface area contributed by atoms with Crippen LogP contribution in [0.2, 0.25) is 0 Å². The van der Waals surface area contributed by atoms with Crippen molar-refractivity contribution >= 4 is 17.7 Å². The molecule has 2 aromatic rings. The molecule has 128 valence electrons. The second kappa shape index (κ2) is 7.12. The second-order valence-corrected chi connectivity index (χ2v) is 5.71. The van der Waals surface area contributed by atoms with Crippen molar-refractivity contribution < 1.29 is 32.2 Å². The molecule has 0 saturated heterocycles. The summed E-state index contributed by atoms with van der Waals surface area (Å²) >= 11 is 1.14. The monoisotopic (exact) mass is 360 g/mol. The van der Waals surface area contributed by atoms with Gasteiger partial charge >= 0.3 is 12.1 Å². The summed E-state index contributed by atoms with van der Waals surface area (Å²) in [5.74, 6) is -2.66. The van der Waals surface area contributed by atoms with Crippen LogP contribution in [-0.4, -0.2) is 17.3 Å². The number of carboxylic acid groups (broad SMARTS) is 1. The molecule has 1 N–H and O–H groups in total. The van der Waals surface area contributed by atoms with E-state index in [1.807, 2.05) is 0 Å². The number of hydrogen-bond acceptors (Lipinski definition) is 3. The van der Waals surface area contributed by atoms with E-state index in [9.17, 15) is 22.4 Å². The Hall–Kier alpha value is -2.22. The van der Waals surface area contributed by atoms with Crippen molar-refractivity contribution in [2.24, 2.45) is 0 Å². The molecule has 0 radical (unpaired) electrons. The molecule has 0 atom stereocenters. The quantitative estimate of drug-likeness (QED) is 0.603. The number of rotatable bonds is 5. The van der Waals surface area contributed by atoms with Crippen molar-refractivity contribution in [2.45, 2.75) is 17.5 Å². The highest BCUT2D eigenvalue weighted by Gasteiger charge is 2.35. The number of hydrogen-bond donors (Lipinski definition) is 1. The Balaban J connectivity index is 2.41. The summed E-state index contributed by atoms with van der Waals surface area (Å²) in [5, 5.41) is 8.73. The lowest BCUT2D eigenvalue weighted by Crippen LogP contribution is -2.07. The minimum Gasteiger partial charge on any atom is -0.481 e. The first kappa shape index (κ1) is 18.1. The maximum atomic E-state index is 13.5. The first-order chi connectivity index (χ1) is 11.2. The SMILES string of the molecule is CSc1ccc(Oc2cc(F)cc(CC(=O)O)c2)c(C(F)(F)F)c1. The van der Waals surface area contributed by atoms with Gasteiger partial charge in [0.2, 0.25) is 0 Å². The van der Waals surface area contributed by atoms with Crippen LogP contribution in [0.4, 0.5) is 17.6 Å². The summed E-state index contributed by atoms with van der Waals surface area (Å²) in [4.78, 5) is 11.1. The second-order valence-electron chi connectivity index (χ2n) is 4.83. The Morgan fingerprint density at radius 1 is 1.21 bits per heavy atom. The molecule has 0 aliphatic heterocycles. The van der Waals surface area contributed by atoms with E-state index in [2.05, 4.69) is 0 Å². The standard InChI is InChI=1S/C16H12F4O3S/c1-24-12-2-3-14(13(8-12)16(18,19)20)23-11-5-9(6-15(21)22)4-10(17)7-11/h2-5,7-8H,6H2,1H3,(H,21,22). The van der Waals surface area contributed by atoms with Crippen molar-refractivity contribution in [1.29, 1.82) is 0 Å². The Kier molecular flexibility index (Phi) is 5.38. The number of carboxylic acids is 1. The van der Waals surface area contributed by atoms with E-state index in [1.165, 1.54) is 12.1 Å². The number of carbonyl (C=O) groups is 1. The van der Waals surface area contributed by atoms with Crippen LogP contribution < -0.4 is 4.74 Å². The van der Waals surface area contributed by atoms with Crippen LogP contribution in [0.25, 0.3) is 0 Å². The maximum Gasteiger partial charge on any atom is 0.420 e. The lowest BCUT2D eigenvalue weighted by molar-refractivity contribution is -0.139. The first-order valence-electron chi connectivity index (χ1n) is 6.63. The highest BCUT2D eigenvalue weighted by molar-refractivity contribution is 7.98. The van der Waals surface area contributed by atoms with Crippen LogP contribution >= 0.6 is 11.8 Å². The molecule has 3 nitrogen and oxygen atoms in total. The van der Waals surface area contributed by atoms with Gasteiger partial charge in [0.25, 0.3) is 0 Å². The zero-order valence-corrected chi connectivity index (χ0v) is 13.2. The van der Waals surface area contributed by atoms with Crippen LogP contribution in [0.5, 0.6) is 11.5 Å². The van der Waals surface area contributed by atoms with Gasteiger partial charge in [-0.2, -0.15) is 13.2 Å². The van der Waals surface area contributed by atoms with E-state index in [-0.39, 0.29) is 11.3 Å². The van der Waals surface area contributed by atoms with Gasteiger partial charge in [0.15, 0.2) is 0 Å². The minimum absolute atomic E-state index is 0.0896. The average Bonchev–Trinajstić information content (AvgIpc) is 2.45. The van der Waals surface area contributed by atoms with E-state index in [0.29, 0.717) is 4.90 Å². The fourth-order valence-corrected chi connectivity index (χ4v) is 2.47. The molecule has 8 heteroatoms. The lowest BCUT2D eigenvalue weighted by Gasteiger charge is -2.15. The van der Waals surface area contributed by atoms with E-state index in [4.69, 9.17) is 9.84 Å². The number of halogens is 4. The van der Waals surface area contributed by atoms with Gasteiger partial charge in [-0.25, -0.2) is 4.39 Å². The zero-order valence-electron chi connectivity index (χ0n) is 12.4. The molecule has 0 aromatic heterocycles. The average molecular weight is 360 g/mol. The number of benzene rings is 2. The summed E-state index contributed by atoms with van der Waals surface area (Å²) in [6, 6.07) is 6.62. The van der Waals surface area contributed by atoms with Crippen LogP contribution in [-0.2, 0) is 17.4 Å². The van der Waals surface area contributed by atoms with Crippen molar-refractivity contribution in [3.63, 3.8) is 0 Å². The normalized spacial score (nSPS) is 11.4. The topological polar surface area (TPSA) is 46.5 Å². The summed E-state index contributed by atoms with van der Waals surface area (Å²) in [6.45, 7) is 0. The fourth-order valence-electron chi connectivity index (χ4n) is 2.03. The predicted molar refractivity (Wildman–Crippen MR) is 81.0 cm³/mol. The minimum atomic E-state index is -4.64. The van der Waals surface area contributed by atoms with Gasteiger partial charge in [0.1, 0.15) is 17.3 Å². The number of aliphatic carboxylic acids is 1. The van der Waals surface area contributed by atoms with Gasteiger partial charge in [0.05, 0.1) is 12.0 Å². The molecule has 0 aliphatic carbocycles. The Morgan fingerprint density at radius 2 is 1.92 bits per heavy atom. The van der Waals surface area contributed by atoms with Crippen molar-refractivity contribution in [3.05, 3.63) is 53.3 Å². The van der Waals surface area contributed by atoms with E-state index < -0.39 is 35.7 Å². The molecule has 2 aromatic carbocycles. The molecule has 0 heterocycles. The summed E-state index contributed by atoms with van der Waals surface area (Å²) in [5.41, 5.74) is -0.898. The van der Waals surface area contributed by atoms with E-state index >= 15 is 0 Å². The maximum absolute atomic E-state index is 13.5. The summed E-state index contributed by atoms with van der Waals surface area (Å²) in [7, 11) is 0. The molecule has 0 aliphatic rings. The Morgan fingerprint density at radius 3 is 2.50 bits per heavy atom. The molecule has 0 saturated carbocycles. The van der Waals surface area contributed by atoms with Crippen molar-refractivity contribution in [3.8, 4) is 11.5 Å². The van der Waals surface area contributed by atoms with Gasteiger partial charge in [-0.1, -0.05) is 0 Å². The van der Waals surface area contributed by atoms with Crippen LogP contribution in [0, 0.1) is 5.82 Å². The van der Waals surface area contributed by atoms with Crippen molar-refractivity contribution in [1.82, 2.24) is 0 Å². The van der Waals surface area contributed by atoms with Gasteiger partial charge in [-0.05, 0) is 42.2 Å². The molecule has 2 rings (SSSR count). The molecular weight excluding hydrogens is 348 g/mol. The van der Waals surface area contributed by atoms with Crippen molar-refractivity contribution in [2.75, 3.05) is 6.26 Å². The zero-order chi connectivity index (χ0) is 17.9.